The topological polar surface area (TPSA) is 55.2 Å². The van der Waals surface area contributed by atoms with E-state index in [0.717, 1.165) is 5.56 Å². The number of nitrogens with zero attached hydrogens (tertiary/aromatic N) is 1. The van der Waals surface area contributed by atoms with Gasteiger partial charge in [-0.25, -0.2) is 4.39 Å². The van der Waals surface area contributed by atoms with Crippen LogP contribution < -0.4 is 4.72 Å². The van der Waals surface area contributed by atoms with Crippen molar-refractivity contribution in [1.82, 2.24) is 4.72 Å². The van der Waals surface area contributed by atoms with Crippen molar-refractivity contribution in [1.29, 1.82) is 0 Å². The molecule has 21 heavy (non-hydrogen) atoms. The predicted molar refractivity (Wildman–Crippen MR) is 84.8 cm³/mol. The largest absolute Gasteiger partial charge is 0.284 e. The van der Waals surface area contributed by atoms with Gasteiger partial charge >= 0.3 is 0 Å². The fourth-order valence-electron chi connectivity index (χ4n) is 1.77. The molecular formula is C14H12BrFN2O2S. The highest BCUT2D eigenvalue weighted by molar-refractivity contribution is 9.10. The van der Waals surface area contributed by atoms with Gasteiger partial charge in [0, 0.05) is 17.1 Å². The van der Waals surface area contributed by atoms with Crippen LogP contribution in [-0.2, 0) is 6.42 Å². The molecule has 0 heterocycles. The molecule has 0 aromatic heterocycles. The van der Waals surface area contributed by atoms with Gasteiger partial charge in [0.1, 0.15) is 10.7 Å². The van der Waals surface area contributed by atoms with Crippen molar-refractivity contribution in [3.05, 3.63) is 68.4 Å². The molecule has 2 rings (SSSR count). The fourth-order valence-corrected chi connectivity index (χ4v) is 3.04. The summed E-state index contributed by atoms with van der Waals surface area (Å²) >= 11 is 4.45. The molecule has 2 aromatic rings. The molecule has 110 valence electrons. The maximum absolute atomic E-state index is 13.2. The molecule has 4 nitrogen and oxygen atoms in total. The van der Waals surface area contributed by atoms with Crippen LogP contribution in [0.2, 0.25) is 0 Å². The zero-order valence-electron chi connectivity index (χ0n) is 10.9. The summed E-state index contributed by atoms with van der Waals surface area (Å²) in [6, 6.07) is 11.3. The molecule has 0 aliphatic heterocycles. The Hall–Kier alpha value is -1.44. The average Bonchev–Trinajstić information content (AvgIpc) is 2.43. The van der Waals surface area contributed by atoms with Crippen LogP contribution in [0.15, 0.2) is 51.8 Å². The minimum absolute atomic E-state index is 0.0727. The molecule has 0 spiro atoms. The molecule has 0 fully saturated rings. The molecule has 0 saturated carbocycles. The molecule has 7 heteroatoms. The monoisotopic (exact) mass is 370 g/mol. The van der Waals surface area contributed by atoms with Gasteiger partial charge in [0.05, 0.1) is 4.92 Å². The van der Waals surface area contributed by atoms with Gasteiger partial charge in [-0.1, -0.05) is 28.1 Å². The molecular weight excluding hydrogens is 359 g/mol. The Balaban J connectivity index is 1.89. The Morgan fingerprint density at radius 1 is 1.29 bits per heavy atom. The highest BCUT2D eigenvalue weighted by Crippen LogP contribution is 2.26. The highest BCUT2D eigenvalue weighted by Gasteiger charge is 2.12. The second kappa shape index (κ2) is 7.53. The number of para-hydroxylation sites is 1. The van der Waals surface area contributed by atoms with Crippen LogP contribution in [-0.4, -0.2) is 11.5 Å². The first kappa shape index (κ1) is 15.9. The van der Waals surface area contributed by atoms with Crippen LogP contribution in [0.5, 0.6) is 0 Å². The Kier molecular flexibility index (Phi) is 5.72. The van der Waals surface area contributed by atoms with Crippen molar-refractivity contribution < 1.29 is 9.31 Å². The Bertz CT molecular complexity index is 634. The average molecular weight is 371 g/mol. The SMILES string of the molecule is O=[N+]([O-])c1ccccc1SNCCc1cc(F)cc(Br)c1. The molecule has 2 aromatic carbocycles. The number of nitrogens with one attached hydrogen (secondary N) is 1. The minimum Gasteiger partial charge on any atom is -0.259 e. The second-order valence-corrected chi connectivity index (χ2v) is 6.10. The van der Waals surface area contributed by atoms with Gasteiger partial charge < -0.3 is 0 Å². The maximum atomic E-state index is 13.2. The molecule has 0 bridgehead atoms. The number of benzene rings is 2. The van der Waals surface area contributed by atoms with Crippen LogP contribution in [0.1, 0.15) is 5.56 Å². The molecule has 0 unspecified atom stereocenters. The summed E-state index contributed by atoms with van der Waals surface area (Å²) in [5, 5.41) is 10.9. The van der Waals surface area contributed by atoms with E-state index < -0.39 is 4.92 Å². The van der Waals surface area contributed by atoms with Gasteiger partial charge in [-0.2, -0.15) is 0 Å². The number of rotatable bonds is 6. The number of hydrogen-bond acceptors (Lipinski definition) is 4. The van der Waals surface area contributed by atoms with Crippen LogP contribution in [0.25, 0.3) is 0 Å². The zero-order chi connectivity index (χ0) is 15.2. The first-order chi connectivity index (χ1) is 10.1. The van der Waals surface area contributed by atoms with E-state index in [1.54, 1.807) is 18.2 Å². The second-order valence-electron chi connectivity index (χ2n) is 4.25. The highest BCUT2D eigenvalue weighted by atomic mass is 79.9. The number of halogens is 2. The lowest BCUT2D eigenvalue weighted by atomic mass is 10.1. The normalized spacial score (nSPS) is 10.6. The summed E-state index contributed by atoms with van der Waals surface area (Å²) in [4.78, 5) is 11.0. The number of nitro groups is 1. The quantitative estimate of drug-likeness (QED) is 0.355. The fraction of sp³-hybridized carbons (Fsp3) is 0.143. The van der Waals surface area contributed by atoms with E-state index in [0.29, 0.717) is 22.3 Å². The van der Waals surface area contributed by atoms with Gasteiger partial charge in [-0.3, -0.25) is 14.8 Å². The summed E-state index contributed by atoms with van der Waals surface area (Å²) in [6.07, 6.45) is 0.629. The van der Waals surface area contributed by atoms with Crippen molar-refractivity contribution in [2.45, 2.75) is 11.3 Å². The van der Waals surface area contributed by atoms with E-state index in [1.807, 2.05) is 6.07 Å². The van der Waals surface area contributed by atoms with Crippen molar-refractivity contribution in [3.8, 4) is 0 Å². The van der Waals surface area contributed by atoms with Gasteiger partial charge in [0.2, 0.25) is 0 Å². The van der Waals surface area contributed by atoms with Crippen molar-refractivity contribution in [2.24, 2.45) is 0 Å². The molecule has 0 radical (unpaired) electrons. The van der Waals surface area contributed by atoms with E-state index in [1.165, 1.54) is 30.1 Å². The van der Waals surface area contributed by atoms with Crippen molar-refractivity contribution in [3.63, 3.8) is 0 Å². The molecule has 0 aliphatic carbocycles. The summed E-state index contributed by atoms with van der Waals surface area (Å²) in [6.45, 7) is 0.576. The van der Waals surface area contributed by atoms with E-state index in [9.17, 15) is 14.5 Å². The third kappa shape index (κ3) is 4.80. The molecule has 0 amide bonds. The van der Waals surface area contributed by atoms with Gasteiger partial charge in [0.15, 0.2) is 0 Å². The zero-order valence-corrected chi connectivity index (χ0v) is 13.3. The summed E-state index contributed by atoms with van der Waals surface area (Å²) in [7, 11) is 0. The predicted octanol–water partition coefficient (Wildman–Crippen LogP) is 4.34. The van der Waals surface area contributed by atoms with Crippen LogP contribution >= 0.6 is 27.9 Å². The van der Waals surface area contributed by atoms with E-state index >= 15 is 0 Å². The van der Waals surface area contributed by atoms with Gasteiger partial charge in [-0.15, -0.1) is 0 Å². The third-order valence-corrected chi connectivity index (χ3v) is 4.05. The summed E-state index contributed by atoms with van der Waals surface area (Å²) < 4.78 is 17.0. The van der Waals surface area contributed by atoms with Crippen molar-refractivity contribution in [2.75, 3.05) is 6.54 Å². The third-order valence-electron chi connectivity index (χ3n) is 2.68. The molecule has 0 aliphatic rings. The molecule has 1 N–H and O–H groups in total. The number of nitro benzene ring substituents is 1. The Morgan fingerprint density at radius 2 is 2.05 bits per heavy atom. The summed E-state index contributed by atoms with van der Waals surface area (Å²) in [5.41, 5.74) is 0.932. The van der Waals surface area contributed by atoms with Crippen LogP contribution in [0.4, 0.5) is 10.1 Å². The smallest absolute Gasteiger partial charge is 0.259 e. The van der Waals surface area contributed by atoms with E-state index in [2.05, 4.69) is 20.7 Å². The lowest BCUT2D eigenvalue weighted by Gasteiger charge is -2.05. The molecule has 0 atom stereocenters. The minimum atomic E-state index is -0.409. The van der Waals surface area contributed by atoms with E-state index in [4.69, 9.17) is 0 Å². The Labute approximate surface area is 134 Å². The lowest BCUT2D eigenvalue weighted by Crippen LogP contribution is -2.09. The number of hydrogen-bond donors (Lipinski definition) is 1. The van der Waals surface area contributed by atoms with Crippen molar-refractivity contribution >= 4 is 33.6 Å². The first-order valence-corrected chi connectivity index (χ1v) is 7.75. The molecule has 0 saturated heterocycles. The van der Waals surface area contributed by atoms with Gasteiger partial charge in [-0.05, 0) is 48.2 Å². The van der Waals surface area contributed by atoms with Gasteiger partial charge in [0.25, 0.3) is 5.69 Å². The Morgan fingerprint density at radius 3 is 2.76 bits per heavy atom. The first-order valence-electron chi connectivity index (χ1n) is 6.14. The summed E-state index contributed by atoms with van der Waals surface area (Å²) in [5.74, 6) is -0.286. The maximum Gasteiger partial charge on any atom is 0.284 e. The lowest BCUT2D eigenvalue weighted by molar-refractivity contribution is -0.387. The van der Waals surface area contributed by atoms with Crippen LogP contribution in [0, 0.1) is 15.9 Å². The standard InChI is InChI=1S/C14H12BrFN2O2S/c15-11-7-10(8-12(16)9-11)5-6-17-21-14-4-2-1-3-13(14)18(19)20/h1-4,7-9,17H,5-6H2. The van der Waals surface area contributed by atoms with E-state index in [-0.39, 0.29) is 11.5 Å². The van der Waals surface area contributed by atoms with Crippen LogP contribution in [0.3, 0.4) is 0 Å².